The fraction of sp³-hybridized carbons (Fsp3) is 0.679. The van der Waals surface area contributed by atoms with Crippen molar-refractivity contribution in [2.24, 2.45) is 23.2 Å². The van der Waals surface area contributed by atoms with Crippen LogP contribution in [-0.2, 0) is 14.3 Å². The third-order valence-electron chi connectivity index (χ3n) is 6.52. The van der Waals surface area contributed by atoms with E-state index >= 15 is 0 Å². The molecule has 1 aromatic rings. The first-order valence-electron chi connectivity index (χ1n) is 12.5. The third kappa shape index (κ3) is 9.83. The highest BCUT2D eigenvalue weighted by atomic mass is 32.1. The van der Waals surface area contributed by atoms with Crippen molar-refractivity contribution >= 4 is 29.2 Å². The number of aliphatic hydroxyl groups excluding tert-OH is 1. The Labute approximate surface area is 210 Å². The average Bonchev–Trinajstić information content (AvgIpc) is 3.19. The zero-order chi connectivity index (χ0) is 25.9. The van der Waals surface area contributed by atoms with Crippen LogP contribution in [0, 0.1) is 30.1 Å². The molecule has 0 spiro atoms. The van der Waals surface area contributed by atoms with Crippen LogP contribution in [0.4, 0.5) is 0 Å². The molecule has 2 heterocycles. The minimum Gasteiger partial charge on any atom is -0.465 e. The van der Waals surface area contributed by atoms with Crippen LogP contribution >= 0.6 is 11.3 Å². The molecule has 5 nitrogen and oxygen atoms in total. The number of aliphatic hydroxyl groups is 1. The van der Waals surface area contributed by atoms with Crippen LogP contribution in [0.1, 0.15) is 91.3 Å². The van der Waals surface area contributed by atoms with E-state index in [9.17, 15) is 14.7 Å². The molecule has 0 fully saturated rings. The number of esters is 1. The van der Waals surface area contributed by atoms with E-state index in [0.29, 0.717) is 18.9 Å². The van der Waals surface area contributed by atoms with Crippen LogP contribution in [0.2, 0.25) is 0 Å². The lowest BCUT2D eigenvalue weighted by molar-refractivity contribution is -0.157. The van der Waals surface area contributed by atoms with Gasteiger partial charge in [-0.15, -0.1) is 11.3 Å². The number of rotatable bonds is 1. The number of allylic oxidation sites excluding steroid dienone is 2. The number of aryl methyl sites for hydroxylation is 1. The number of carbonyl (C=O) groups excluding carboxylic acids is 2. The van der Waals surface area contributed by atoms with Gasteiger partial charge in [0.25, 0.3) is 0 Å². The Morgan fingerprint density at radius 1 is 1.21 bits per heavy atom. The van der Waals surface area contributed by atoms with Gasteiger partial charge in [-0.2, -0.15) is 0 Å². The molecule has 0 bridgehead atoms. The van der Waals surface area contributed by atoms with E-state index in [1.165, 1.54) is 5.57 Å². The number of ether oxygens (including phenoxy) is 1. The van der Waals surface area contributed by atoms with E-state index in [2.05, 4.69) is 30.3 Å². The van der Waals surface area contributed by atoms with Crippen LogP contribution in [0.25, 0.3) is 6.08 Å². The highest BCUT2D eigenvalue weighted by molar-refractivity contribution is 7.09. The number of hydrogen-bond donors (Lipinski definition) is 1. The third-order valence-corrected chi connectivity index (χ3v) is 7.31. The molecule has 4 atom stereocenters. The lowest BCUT2D eigenvalue weighted by Crippen LogP contribution is -2.46. The van der Waals surface area contributed by atoms with Gasteiger partial charge < -0.3 is 9.84 Å². The number of nitrogens with zero attached hydrogens (tertiary/aromatic N) is 1. The summed E-state index contributed by atoms with van der Waals surface area (Å²) in [6.07, 6.45) is 9.83. The molecule has 4 unspecified atom stereocenters. The number of cyclic esters (lactones) is 1. The van der Waals surface area contributed by atoms with Gasteiger partial charge in [0.05, 0.1) is 34.7 Å². The maximum absolute atomic E-state index is 12.9. The number of hydrogen-bond acceptors (Lipinski definition) is 6. The highest BCUT2D eigenvalue weighted by Crippen LogP contribution is 2.33. The molecule has 0 saturated heterocycles. The van der Waals surface area contributed by atoms with Gasteiger partial charge in [0.1, 0.15) is 5.78 Å². The van der Waals surface area contributed by atoms with Gasteiger partial charge in [-0.1, -0.05) is 51.8 Å². The van der Waals surface area contributed by atoms with E-state index in [1.807, 2.05) is 32.9 Å². The molecule has 0 radical (unpaired) electrons. The van der Waals surface area contributed by atoms with Crippen LogP contribution in [0.5, 0.6) is 0 Å². The van der Waals surface area contributed by atoms with Crippen molar-refractivity contribution in [3.63, 3.8) is 0 Å². The summed E-state index contributed by atoms with van der Waals surface area (Å²) in [5.41, 5.74) is 1.42. The Morgan fingerprint density at radius 3 is 2.47 bits per heavy atom. The smallest absolute Gasteiger partial charge is 0.311 e. The standard InChI is InChI=1S/C21H36O4.C7H9NS/c1-14-9-7-10-15(2)13-16(3)18(22)21(5,6)19(23)17(4)20(24)25-12-8-11-14;1-3-4-7-5-9-6(2)8-7/h11,15-17,19,23H,7-10,12-13H2,1-6H3;3-5H,1-2H3/b14-11-;4-3-. The van der Waals surface area contributed by atoms with E-state index in [-0.39, 0.29) is 11.7 Å². The van der Waals surface area contributed by atoms with E-state index in [0.717, 1.165) is 36.4 Å². The fourth-order valence-corrected chi connectivity index (χ4v) is 5.00. The summed E-state index contributed by atoms with van der Waals surface area (Å²) in [5.74, 6) is -0.800. The molecule has 1 aliphatic rings. The van der Waals surface area contributed by atoms with Crippen molar-refractivity contribution in [1.82, 2.24) is 4.98 Å². The molecular formula is C28H45NO4S. The number of Topliss-reactive ketones (excluding diaryl/α,β-unsaturated/α-hetero) is 1. The second kappa shape index (κ2) is 14.6. The Hall–Kier alpha value is -1.79. The van der Waals surface area contributed by atoms with Gasteiger partial charge >= 0.3 is 5.97 Å². The molecule has 0 amide bonds. The van der Waals surface area contributed by atoms with Gasteiger partial charge in [-0.05, 0) is 65.4 Å². The van der Waals surface area contributed by atoms with E-state index in [1.54, 1.807) is 32.1 Å². The number of ketones is 1. The van der Waals surface area contributed by atoms with Gasteiger partial charge in [0, 0.05) is 11.3 Å². The van der Waals surface area contributed by atoms with Crippen molar-refractivity contribution in [3.8, 4) is 0 Å². The second-order valence-electron chi connectivity index (χ2n) is 10.3. The quantitative estimate of drug-likeness (QED) is 0.346. The molecule has 192 valence electrons. The lowest BCUT2D eigenvalue weighted by atomic mass is 9.71. The summed E-state index contributed by atoms with van der Waals surface area (Å²) < 4.78 is 5.29. The summed E-state index contributed by atoms with van der Waals surface area (Å²) in [7, 11) is 0. The zero-order valence-corrected chi connectivity index (χ0v) is 23.2. The van der Waals surface area contributed by atoms with Crippen LogP contribution < -0.4 is 0 Å². The number of thiazole rings is 1. The lowest BCUT2D eigenvalue weighted by Gasteiger charge is -2.34. The topological polar surface area (TPSA) is 76.5 Å². The SMILES string of the molecule is C/C1=C/CCOC(=O)C(C)C(O)C(C)(C)C(=O)C(C)CC(C)CCC1.C/C=C\c1csc(C)n1. The van der Waals surface area contributed by atoms with Gasteiger partial charge in [-0.25, -0.2) is 4.98 Å². The molecule has 34 heavy (non-hydrogen) atoms. The molecule has 6 heteroatoms. The Kier molecular flexibility index (Phi) is 13.0. The predicted octanol–water partition coefficient (Wildman–Crippen LogP) is 6.79. The second-order valence-corrected chi connectivity index (χ2v) is 11.3. The molecular weight excluding hydrogens is 446 g/mol. The van der Waals surface area contributed by atoms with Crippen molar-refractivity contribution in [2.75, 3.05) is 6.61 Å². The van der Waals surface area contributed by atoms with Crippen molar-refractivity contribution < 1.29 is 19.4 Å². The number of carbonyl (C=O) groups is 2. The van der Waals surface area contributed by atoms with Crippen LogP contribution in [0.15, 0.2) is 23.1 Å². The van der Waals surface area contributed by atoms with E-state index < -0.39 is 23.4 Å². The minimum atomic E-state index is -1.05. The van der Waals surface area contributed by atoms with Crippen LogP contribution in [0.3, 0.4) is 0 Å². The van der Waals surface area contributed by atoms with Crippen molar-refractivity contribution in [3.05, 3.63) is 33.8 Å². The minimum absolute atomic E-state index is 0.0228. The molecule has 2 rings (SSSR count). The average molecular weight is 492 g/mol. The molecule has 1 aliphatic heterocycles. The Bertz CT molecular complexity index is 839. The predicted molar refractivity (Wildman–Crippen MR) is 142 cm³/mol. The summed E-state index contributed by atoms with van der Waals surface area (Å²) in [4.78, 5) is 29.3. The monoisotopic (exact) mass is 491 g/mol. The van der Waals surface area contributed by atoms with E-state index in [4.69, 9.17) is 4.74 Å². The fourth-order valence-electron chi connectivity index (χ4n) is 4.42. The number of aromatic nitrogens is 1. The molecule has 0 aliphatic carbocycles. The summed E-state index contributed by atoms with van der Waals surface area (Å²) in [6, 6.07) is 0. The normalized spacial score (nSPS) is 29.0. The van der Waals surface area contributed by atoms with Crippen LogP contribution in [-0.4, -0.2) is 34.6 Å². The summed E-state index contributed by atoms with van der Waals surface area (Å²) in [5, 5.41) is 13.8. The maximum Gasteiger partial charge on any atom is 0.311 e. The summed E-state index contributed by atoms with van der Waals surface area (Å²) in [6.45, 7) is 15.7. The summed E-state index contributed by atoms with van der Waals surface area (Å²) >= 11 is 1.68. The molecule has 0 aromatic carbocycles. The molecule has 1 aromatic heterocycles. The first-order chi connectivity index (χ1) is 15.9. The Balaban J connectivity index is 0.000000533. The van der Waals surface area contributed by atoms with Gasteiger partial charge in [0.15, 0.2) is 0 Å². The van der Waals surface area contributed by atoms with Gasteiger partial charge in [0.2, 0.25) is 0 Å². The van der Waals surface area contributed by atoms with Gasteiger partial charge in [-0.3, -0.25) is 9.59 Å². The molecule has 0 saturated carbocycles. The maximum atomic E-state index is 12.9. The molecule has 1 N–H and O–H groups in total. The highest BCUT2D eigenvalue weighted by Gasteiger charge is 2.43. The largest absolute Gasteiger partial charge is 0.465 e. The zero-order valence-electron chi connectivity index (χ0n) is 22.4. The van der Waals surface area contributed by atoms with Crippen molar-refractivity contribution in [2.45, 2.75) is 93.6 Å². The first-order valence-corrected chi connectivity index (χ1v) is 13.4. The first kappa shape index (κ1) is 30.2. The Morgan fingerprint density at radius 2 is 1.88 bits per heavy atom. The van der Waals surface area contributed by atoms with Crippen molar-refractivity contribution in [1.29, 1.82) is 0 Å².